The Morgan fingerprint density at radius 3 is 2.83 bits per heavy atom. The molecule has 0 spiro atoms. The molecule has 2 aromatic heterocycles. The van der Waals surface area contributed by atoms with E-state index in [1.807, 2.05) is 24.3 Å². The highest BCUT2D eigenvalue weighted by atomic mass is 16.3. The monoisotopic (exact) mass is 309 g/mol. The van der Waals surface area contributed by atoms with Crippen molar-refractivity contribution < 1.29 is 5.11 Å². The molecule has 5 heteroatoms. The quantitative estimate of drug-likeness (QED) is 0.926. The van der Waals surface area contributed by atoms with Crippen molar-refractivity contribution in [3.63, 3.8) is 0 Å². The molecule has 1 atom stereocenters. The molecule has 0 aromatic carbocycles. The van der Waals surface area contributed by atoms with Crippen LogP contribution in [-0.2, 0) is 0 Å². The lowest BCUT2D eigenvalue weighted by molar-refractivity contribution is 0.419. The number of aromatic nitrogens is 2. The number of hydrogen-bond acceptors (Lipinski definition) is 4. The van der Waals surface area contributed by atoms with Crippen LogP contribution in [0.25, 0.3) is 11.0 Å². The normalized spacial score (nSPS) is 21.0. The van der Waals surface area contributed by atoms with Gasteiger partial charge in [-0.3, -0.25) is 9.36 Å². The number of pyridine rings is 2. The molecule has 1 saturated heterocycles. The van der Waals surface area contributed by atoms with Crippen LogP contribution in [0.1, 0.15) is 25.3 Å². The molecule has 1 aliphatic carbocycles. The predicted molar refractivity (Wildman–Crippen MR) is 91.0 cm³/mol. The van der Waals surface area contributed by atoms with Crippen LogP contribution in [-0.4, -0.2) is 27.7 Å². The lowest BCUT2D eigenvalue weighted by Crippen LogP contribution is -2.32. The minimum Gasteiger partial charge on any atom is -0.508 e. The molecule has 1 N–H and O–H groups in total. The average molecular weight is 309 g/mol. The van der Waals surface area contributed by atoms with E-state index in [4.69, 9.17) is 0 Å². The van der Waals surface area contributed by atoms with Crippen LogP contribution < -0.4 is 10.5 Å². The van der Waals surface area contributed by atoms with Gasteiger partial charge in [-0.15, -0.1) is 0 Å². The Morgan fingerprint density at radius 1 is 1.26 bits per heavy atom. The van der Waals surface area contributed by atoms with Crippen molar-refractivity contribution in [3.8, 4) is 0 Å². The first kappa shape index (κ1) is 14.1. The van der Waals surface area contributed by atoms with E-state index in [0.717, 1.165) is 37.0 Å². The standard InChI is InChI=1S/C18H19N3O2/c22-15-7-5-14(6-8-15)21-17-13(4-3-9-19-17)12-16(18(21)23)20-10-1-2-11-20/h3-5,7-9,12,14,22H,1-2,6,10-11H2. The van der Waals surface area contributed by atoms with Gasteiger partial charge in [-0.05, 0) is 49.6 Å². The molecule has 5 nitrogen and oxygen atoms in total. The number of anilines is 1. The van der Waals surface area contributed by atoms with Gasteiger partial charge in [-0.1, -0.05) is 6.08 Å². The molecule has 3 heterocycles. The lowest BCUT2D eigenvalue weighted by atomic mass is 10.1. The van der Waals surface area contributed by atoms with Gasteiger partial charge < -0.3 is 10.0 Å². The number of aliphatic hydroxyl groups is 1. The molecule has 118 valence electrons. The van der Waals surface area contributed by atoms with E-state index in [1.54, 1.807) is 22.9 Å². The predicted octanol–water partition coefficient (Wildman–Crippen LogP) is 2.94. The molecule has 0 radical (unpaired) electrons. The van der Waals surface area contributed by atoms with Crippen LogP contribution >= 0.6 is 0 Å². The molecule has 1 fully saturated rings. The van der Waals surface area contributed by atoms with Crippen molar-refractivity contribution in [1.82, 2.24) is 9.55 Å². The molecular weight excluding hydrogens is 290 g/mol. The van der Waals surface area contributed by atoms with Gasteiger partial charge in [0.15, 0.2) is 0 Å². The molecule has 2 aliphatic rings. The topological polar surface area (TPSA) is 58.4 Å². The third-order valence-electron chi connectivity index (χ3n) is 4.61. The highest BCUT2D eigenvalue weighted by Crippen LogP contribution is 2.26. The molecule has 0 bridgehead atoms. The fraction of sp³-hybridized carbons (Fsp3) is 0.333. The van der Waals surface area contributed by atoms with E-state index < -0.39 is 0 Å². The van der Waals surface area contributed by atoms with Crippen molar-refractivity contribution in [2.24, 2.45) is 0 Å². The zero-order valence-corrected chi connectivity index (χ0v) is 12.9. The number of hydrogen-bond donors (Lipinski definition) is 1. The highest BCUT2D eigenvalue weighted by molar-refractivity contribution is 5.79. The Balaban J connectivity index is 1.92. The molecule has 0 saturated carbocycles. The van der Waals surface area contributed by atoms with Crippen molar-refractivity contribution in [2.75, 3.05) is 18.0 Å². The largest absolute Gasteiger partial charge is 0.508 e. The van der Waals surface area contributed by atoms with Crippen LogP contribution in [0.4, 0.5) is 5.69 Å². The summed E-state index contributed by atoms with van der Waals surface area (Å²) in [5.74, 6) is 0.252. The molecule has 1 unspecified atom stereocenters. The zero-order valence-electron chi connectivity index (χ0n) is 12.9. The van der Waals surface area contributed by atoms with Crippen molar-refractivity contribution in [1.29, 1.82) is 0 Å². The van der Waals surface area contributed by atoms with E-state index in [0.29, 0.717) is 12.1 Å². The summed E-state index contributed by atoms with van der Waals surface area (Å²) in [5, 5.41) is 10.5. The van der Waals surface area contributed by atoms with E-state index in [9.17, 15) is 9.90 Å². The molecule has 2 aromatic rings. The maximum atomic E-state index is 13.1. The summed E-state index contributed by atoms with van der Waals surface area (Å²) in [7, 11) is 0. The van der Waals surface area contributed by atoms with Crippen LogP contribution in [0.3, 0.4) is 0 Å². The highest BCUT2D eigenvalue weighted by Gasteiger charge is 2.22. The number of fused-ring (bicyclic) bond motifs is 1. The summed E-state index contributed by atoms with van der Waals surface area (Å²) in [6.07, 6.45) is 9.84. The smallest absolute Gasteiger partial charge is 0.276 e. The number of nitrogens with zero attached hydrogens (tertiary/aromatic N) is 3. The Morgan fingerprint density at radius 2 is 2.09 bits per heavy atom. The summed E-state index contributed by atoms with van der Waals surface area (Å²) in [4.78, 5) is 19.7. The van der Waals surface area contributed by atoms with Gasteiger partial charge in [0.2, 0.25) is 0 Å². The number of aliphatic hydroxyl groups excluding tert-OH is 1. The lowest BCUT2D eigenvalue weighted by Gasteiger charge is -2.23. The SMILES string of the molecule is O=c1c(N2CCCC2)cc2cccnc2n1C1C=CC(O)=CC1. The Kier molecular flexibility index (Phi) is 3.41. The molecule has 4 rings (SSSR count). The third kappa shape index (κ3) is 2.42. The van der Waals surface area contributed by atoms with Gasteiger partial charge in [-0.25, -0.2) is 4.98 Å². The van der Waals surface area contributed by atoms with Gasteiger partial charge in [-0.2, -0.15) is 0 Å². The fourth-order valence-electron chi connectivity index (χ4n) is 3.43. The van der Waals surface area contributed by atoms with E-state index >= 15 is 0 Å². The van der Waals surface area contributed by atoms with E-state index in [-0.39, 0.29) is 17.4 Å². The Bertz CT molecular complexity index is 860. The summed E-state index contributed by atoms with van der Waals surface area (Å²) < 4.78 is 1.77. The summed E-state index contributed by atoms with van der Waals surface area (Å²) in [6, 6.07) is 5.75. The van der Waals surface area contributed by atoms with Crippen molar-refractivity contribution in [3.05, 3.63) is 58.7 Å². The first-order valence-electron chi connectivity index (χ1n) is 8.06. The van der Waals surface area contributed by atoms with Crippen LogP contribution in [0.5, 0.6) is 0 Å². The zero-order chi connectivity index (χ0) is 15.8. The number of rotatable bonds is 2. The van der Waals surface area contributed by atoms with Gasteiger partial charge in [0, 0.05) is 24.7 Å². The molecule has 1 aliphatic heterocycles. The summed E-state index contributed by atoms with van der Waals surface area (Å²) >= 11 is 0. The number of allylic oxidation sites excluding steroid dienone is 3. The minimum absolute atomic E-state index is 0.00235. The van der Waals surface area contributed by atoms with Gasteiger partial charge in [0.05, 0.1) is 6.04 Å². The van der Waals surface area contributed by atoms with Crippen molar-refractivity contribution in [2.45, 2.75) is 25.3 Å². The van der Waals surface area contributed by atoms with Crippen molar-refractivity contribution >= 4 is 16.7 Å². The van der Waals surface area contributed by atoms with Gasteiger partial charge in [0.1, 0.15) is 17.1 Å². The van der Waals surface area contributed by atoms with Gasteiger partial charge in [0.25, 0.3) is 5.56 Å². The van der Waals surface area contributed by atoms with Crippen LogP contribution in [0, 0.1) is 0 Å². The molecular formula is C18H19N3O2. The van der Waals surface area contributed by atoms with Crippen LogP contribution in [0.15, 0.2) is 53.2 Å². The van der Waals surface area contributed by atoms with Gasteiger partial charge >= 0.3 is 0 Å². The second-order valence-corrected chi connectivity index (χ2v) is 6.11. The fourth-order valence-corrected chi connectivity index (χ4v) is 3.43. The maximum absolute atomic E-state index is 13.1. The first-order chi connectivity index (χ1) is 11.2. The Labute approximate surface area is 134 Å². The van der Waals surface area contributed by atoms with E-state index in [1.165, 1.54) is 0 Å². The second-order valence-electron chi connectivity index (χ2n) is 6.11. The summed E-state index contributed by atoms with van der Waals surface area (Å²) in [5.41, 5.74) is 1.46. The molecule has 0 amide bonds. The molecule has 23 heavy (non-hydrogen) atoms. The Hall–Kier alpha value is -2.56. The maximum Gasteiger partial charge on any atom is 0.276 e. The second kappa shape index (κ2) is 5.57. The van der Waals surface area contributed by atoms with E-state index in [2.05, 4.69) is 9.88 Å². The third-order valence-corrected chi connectivity index (χ3v) is 4.61. The van der Waals surface area contributed by atoms with Crippen LogP contribution in [0.2, 0.25) is 0 Å². The average Bonchev–Trinajstić information content (AvgIpc) is 3.10. The minimum atomic E-state index is -0.113. The first-order valence-corrected chi connectivity index (χ1v) is 8.06. The summed E-state index contributed by atoms with van der Waals surface area (Å²) in [6.45, 7) is 1.87.